The highest BCUT2D eigenvalue weighted by atomic mass is 16.2. The van der Waals surface area contributed by atoms with Crippen molar-refractivity contribution in [1.82, 2.24) is 20.0 Å². The van der Waals surface area contributed by atoms with Gasteiger partial charge in [0.2, 0.25) is 11.8 Å². The largest absolute Gasteiger partial charge is 0.368 e. The van der Waals surface area contributed by atoms with E-state index in [4.69, 9.17) is 5.73 Å². The molecule has 1 saturated heterocycles. The molecule has 1 aromatic rings. The number of nitrogens with zero attached hydrogens (tertiary/aromatic N) is 3. The first-order valence-corrected chi connectivity index (χ1v) is 12.4. The summed E-state index contributed by atoms with van der Waals surface area (Å²) < 4.78 is 0. The molecule has 8 heteroatoms. The summed E-state index contributed by atoms with van der Waals surface area (Å²) in [6, 6.07) is 10.6. The molecule has 0 unspecified atom stereocenters. The van der Waals surface area contributed by atoms with Crippen molar-refractivity contribution in [3.8, 4) is 0 Å². The second-order valence-corrected chi connectivity index (χ2v) is 11.1. The van der Waals surface area contributed by atoms with E-state index >= 15 is 0 Å². The number of carbonyl (C=O) groups is 3. The summed E-state index contributed by atoms with van der Waals surface area (Å²) in [6.07, 6.45) is 7.17. The van der Waals surface area contributed by atoms with Gasteiger partial charge in [0.15, 0.2) is 0 Å². The van der Waals surface area contributed by atoms with Gasteiger partial charge in [-0.2, -0.15) is 0 Å². The fraction of sp³-hybridized carbons (Fsp3) is 0.654. The molecule has 1 heterocycles. The number of rotatable bonds is 8. The third-order valence-corrected chi connectivity index (χ3v) is 8.63. The highest BCUT2D eigenvalue weighted by Crippen LogP contribution is 2.51. The van der Waals surface area contributed by atoms with Crippen molar-refractivity contribution in [3.63, 3.8) is 0 Å². The van der Waals surface area contributed by atoms with Crippen LogP contribution in [0.4, 0.5) is 4.79 Å². The van der Waals surface area contributed by atoms with E-state index in [2.05, 4.69) is 66.5 Å². The van der Waals surface area contributed by atoms with Crippen molar-refractivity contribution in [2.75, 3.05) is 40.3 Å². The number of nitrogens with two attached hydrogens (primary N) is 1. The molecule has 1 spiro atoms. The van der Waals surface area contributed by atoms with Crippen LogP contribution in [-0.2, 0) is 15.1 Å². The van der Waals surface area contributed by atoms with E-state index in [-0.39, 0.29) is 41.5 Å². The van der Waals surface area contributed by atoms with Gasteiger partial charge in [0.1, 0.15) is 6.54 Å². The Kier molecular flexibility index (Phi) is 6.64. The molecule has 3 aliphatic rings. The predicted octanol–water partition coefficient (Wildman–Crippen LogP) is 2.29. The van der Waals surface area contributed by atoms with E-state index in [0.29, 0.717) is 6.54 Å². The number of benzene rings is 1. The molecule has 1 aliphatic heterocycles. The van der Waals surface area contributed by atoms with Crippen LogP contribution in [-0.4, -0.2) is 78.4 Å². The van der Waals surface area contributed by atoms with E-state index in [0.717, 1.165) is 45.1 Å². The van der Waals surface area contributed by atoms with Gasteiger partial charge < -0.3 is 20.9 Å². The van der Waals surface area contributed by atoms with Gasteiger partial charge in [-0.1, -0.05) is 43.7 Å². The van der Waals surface area contributed by atoms with Gasteiger partial charge in [-0.05, 0) is 63.6 Å². The molecule has 3 fully saturated rings. The summed E-state index contributed by atoms with van der Waals surface area (Å²) in [5.74, 6) is -0.938. The van der Waals surface area contributed by atoms with E-state index in [1.54, 1.807) is 4.90 Å². The summed E-state index contributed by atoms with van der Waals surface area (Å²) in [5.41, 5.74) is 6.30. The zero-order valence-corrected chi connectivity index (χ0v) is 20.8. The maximum absolute atomic E-state index is 13.6. The average Bonchev–Trinajstić information content (AvgIpc) is 3.03. The lowest BCUT2D eigenvalue weighted by Gasteiger charge is -2.53. The zero-order chi connectivity index (χ0) is 24.6. The molecule has 1 aromatic carbocycles. The Labute approximate surface area is 202 Å². The van der Waals surface area contributed by atoms with E-state index < -0.39 is 5.91 Å². The number of nitrogens with one attached hydrogen (secondary N) is 1. The first-order chi connectivity index (χ1) is 16.1. The first kappa shape index (κ1) is 24.5. The second-order valence-electron chi connectivity index (χ2n) is 11.1. The van der Waals surface area contributed by atoms with Crippen molar-refractivity contribution in [2.45, 2.75) is 62.9 Å². The Balaban J connectivity index is 1.56. The number of hydrogen-bond donors (Lipinski definition) is 2. The fourth-order valence-corrected chi connectivity index (χ4v) is 6.28. The number of carbonyl (C=O) groups excluding carboxylic acids is 3. The van der Waals surface area contributed by atoms with Crippen LogP contribution in [0, 0.1) is 5.41 Å². The quantitative estimate of drug-likeness (QED) is 0.610. The van der Waals surface area contributed by atoms with Crippen molar-refractivity contribution in [3.05, 3.63) is 35.9 Å². The third-order valence-electron chi connectivity index (χ3n) is 8.63. The van der Waals surface area contributed by atoms with Crippen molar-refractivity contribution in [2.24, 2.45) is 11.1 Å². The average molecular weight is 470 g/mol. The highest BCUT2D eigenvalue weighted by Gasteiger charge is 2.56. The third kappa shape index (κ3) is 4.52. The number of hydrogen-bond acceptors (Lipinski definition) is 4. The molecular weight excluding hydrogens is 430 g/mol. The smallest absolute Gasteiger partial charge is 0.321 e. The van der Waals surface area contributed by atoms with Crippen molar-refractivity contribution >= 4 is 17.8 Å². The Morgan fingerprint density at radius 1 is 1.06 bits per heavy atom. The maximum Gasteiger partial charge on any atom is 0.321 e. The maximum atomic E-state index is 13.6. The molecular formula is C26H39N5O3. The van der Waals surface area contributed by atoms with Crippen LogP contribution in [0.1, 0.15) is 57.4 Å². The van der Waals surface area contributed by atoms with Crippen LogP contribution in [0.3, 0.4) is 0 Å². The number of amides is 4. The lowest BCUT2D eigenvalue weighted by Crippen LogP contribution is -2.57. The Bertz CT molecular complexity index is 920. The van der Waals surface area contributed by atoms with Gasteiger partial charge in [0.25, 0.3) is 0 Å². The van der Waals surface area contributed by atoms with Gasteiger partial charge in [-0.15, -0.1) is 0 Å². The normalized spacial score (nSPS) is 28.3. The lowest BCUT2D eigenvalue weighted by atomic mass is 9.66. The molecule has 2 aliphatic carbocycles. The Morgan fingerprint density at radius 2 is 1.71 bits per heavy atom. The minimum Gasteiger partial charge on any atom is -0.368 e. The zero-order valence-electron chi connectivity index (χ0n) is 20.8. The SMILES string of the molecule is CN(C)[C@]1(c2ccccc2)CC[C@]2(CC1)CN(CC(=O)NCC(N)=O)C(=O)N2CC1(C)CCC1. The molecule has 0 bridgehead atoms. The van der Waals surface area contributed by atoms with Gasteiger partial charge in [-0.3, -0.25) is 14.5 Å². The first-order valence-electron chi connectivity index (χ1n) is 12.4. The van der Waals surface area contributed by atoms with Gasteiger partial charge >= 0.3 is 6.03 Å². The molecule has 0 radical (unpaired) electrons. The summed E-state index contributed by atoms with van der Waals surface area (Å²) in [7, 11) is 4.29. The van der Waals surface area contributed by atoms with E-state index in [1.165, 1.54) is 12.0 Å². The second kappa shape index (κ2) is 9.21. The van der Waals surface area contributed by atoms with Crippen molar-refractivity contribution in [1.29, 1.82) is 0 Å². The molecule has 2 saturated carbocycles. The summed E-state index contributed by atoms with van der Waals surface area (Å²) in [4.78, 5) is 43.2. The molecule has 0 aromatic heterocycles. The van der Waals surface area contributed by atoms with Crippen LogP contribution in [0.25, 0.3) is 0 Å². The van der Waals surface area contributed by atoms with Gasteiger partial charge in [0, 0.05) is 18.6 Å². The summed E-state index contributed by atoms with van der Waals surface area (Å²) in [5, 5.41) is 2.52. The summed E-state index contributed by atoms with van der Waals surface area (Å²) in [6.45, 7) is 3.31. The molecule has 8 nitrogen and oxygen atoms in total. The van der Waals surface area contributed by atoms with E-state index in [9.17, 15) is 14.4 Å². The van der Waals surface area contributed by atoms with Crippen LogP contribution in [0.5, 0.6) is 0 Å². The van der Waals surface area contributed by atoms with Crippen LogP contribution in [0.15, 0.2) is 30.3 Å². The van der Waals surface area contributed by atoms with Crippen LogP contribution >= 0.6 is 0 Å². The predicted molar refractivity (Wildman–Crippen MR) is 131 cm³/mol. The lowest BCUT2D eigenvalue weighted by molar-refractivity contribution is -0.125. The van der Waals surface area contributed by atoms with Crippen molar-refractivity contribution < 1.29 is 14.4 Å². The highest BCUT2D eigenvalue weighted by molar-refractivity contribution is 5.88. The fourth-order valence-electron chi connectivity index (χ4n) is 6.28. The minimum atomic E-state index is -0.592. The Hall–Kier alpha value is -2.61. The number of primary amides is 1. The molecule has 186 valence electrons. The monoisotopic (exact) mass is 469 g/mol. The minimum absolute atomic E-state index is 0.0431. The topological polar surface area (TPSA) is 99.0 Å². The van der Waals surface area contributed by atoms with E-state index in [1.807, 2.05) is 0 Å². The standard InChI is InChI=1S/C26H39N5O3/c1-24(10-7-11-24)18-31-23(34)30(17-22(33)28-16-21(27)32)19-25(31)12-14-26(15-13-25,29(2)3)20-8-5-4-6-9-20/h4-6,8-9H,7,10-19H2,1-3H3,(H2,27,32)(H,28,33)/t25-,26+. The van der Waals surface area contributed by atoms with Crippen LogP contribution < -0.4 is 11.1 Å². The van der Waals surface area contributed by atoms with Crippen LogP contribution in [0.2, 0.25) is 0 Å². The molecule has 4 amide bonds. The number of urea groups is 1. The molecule has 0 atom stereocenters. The molecule has 3 N–H and O–H groups in total. The molecule has 34 heavy (non-hydrogen) atoms. The summed E-state index contributed by atoms with van der Waals surface area (Å²) >= 11 is 0. The molecule has 4 rings (SSSR count). The Morgan fingerprint density at radius 3 is 2.24 bits per heavy atom. The van der Waals surface area contributed by atoms with Gasteiger partial charge in [0.05, 0.1) is 12.1 Å². The van der Waals surface area contributed by atoms with Gasteiger partial charge in [-0.25, -0.2) is 4.79 Å².